The second-order valence-corrected chi connectivity index (χ2v) is 16.6. The maximum atomic E-state index is 5.17. The third-order valence-corrected chi connectivity index (χ3v) is 13.4. The van der Waals surface area contributed by atoms with Crippen LogP contribution >= 0.6 is 11.3 Å². The van der Waals surface area contributed by atoms with E-state index in [-0.39, 0.29) is 0 Å². The van der Waals surface area contributed by atoms with E-state index in [2.05, 4.69) is 173 Å². The van der Waals surface area contributed by atoms with E-state index in [1.165, 1.54) is 58.3 Å². The molecule has 4 heterocycles. The molecule has 13 rings (SSSR count). The van der Waals surface area contributed by atoms with Crippen LogP contribution in [0.2, 0.25) is 0 Å². The van der Waals surface area contributed by atoms with E-state index in [0.717, 1.165) is 44.4 Å². The van der Waals surface area contributed by atoms with Crippen molar-refractivity contribution in [3.63, 3.8) is 0 Å². The summed E-state index contributed by atoms with van der Waals surface area (Å²) < 4.78 is 7.49. The first-order valence-corrected chi connectivity index (χ1v) is 21.3. The zero-order valence-electron chi connectivity index (χ0n) is 32.7. The predicted octanol–water partition coefficient (Wildman–Crippen LogP) is 14.6. The molecule has 6 heteroatoms. The molecule has 9 aromatic carbocycles. The largest absolute Gasteiger partial charge is 0.309 e. The van der Waals surface area contributed by atoms with Crippen LogP contribution in [0.3, 0.4) is 0 Å². The monoisotopic (exact) mass is 795 g/mol. The molecule has 0 saturated carbocycles. The fourth-order valence-electron chi connectivity index (χ4n) is 9.46. The lowest BCUT2D eigenvalue weighted by atomic mass is 10.0. The Bertz CT molecular complexity index is 3770. The highest BCUT2D eigenvalue weighted by atomic mass is 32.1. The first kappa shape index (κ1) is 34.0. The van der Waals surface area contributed by atoms with Gasteiger partial charge < -0.3 is 9.13 Å². The van der Waals surface area contributed by atoms with Crippen molar-refractivity contribution in [2.24, 2.45) is 0 Å². The molecule has 0 unspecified atom stereocenters. The zero-order valence-corrected chi connectivity index (χ0v) is 33.5. The Morgan fingerprint density at radius 3 is 1.56 bits per heavy atom. The highest BCUT2D eigenvalue weighted by Gasteiger charge is 2.22. The first-order chi connectivity index (χ1) is 30.3. The molecule has 0 fully saturated rings. The molecule has 5 nitrogen and oxygen atoms in total. The van der Waals surface area contributed by atoms with Gasteiger partial charge in [0, 0.05) is 64.8 Å². The Balaban J connectivity index is 1.11. The van der Waals surface area contributed by atoms with E-state index >= 15 is 0 Å². The Morgan fingerprint density at radius 1 is 0.344 bits per heavy atom. The van der Waals surface area contributed by atoms with Crippen molar-refractivity contribution in [1.29, 1.82) is 0 Å². The first-order valence-electron chi connectivity index (χ1n) is 20.5. The number of aromatic nitrogens is 5. The second kappa shape index (κ2) is 13.3. The molecule has 0 aliphatic rings. The van der Waals surface area contributed by atoms with E-state index in [1.54, 1.807) is 0 Å². The third kappa shape index (κ3) is 5.16. The number of fused-ring (bicyclic) bond motifs is 11. The van der Waals surface area contributed by atoms with E-state index in [9.17, 15) is 0 Å². The molecule has 0 N–H and O–H groups in total. The summed E-state index contributed by atoms with van der Waals surface area (Å²) in [4.78, 5) is 15.3. The minimum atomic E-state index is 0.637. The molecule has 61 heavy (non-hydrogen) atoms. The average Bonchev–Trinajstić information content (AvgIpc) is 3.99. The summed E-state index contributed by atoms with van der Waals surface area (Å²) >= 11 is 1.87. The standard InChI is InChI=1S/C55H33N5S/c1-3-15-34(16-4-1)53-56-54(35-17-5-2-6-18-35)58-55(57-53)45-31-32-48(38-20-8-7-19-37(38)45)60-49-33-36(59-46-24-12-9-21-39(46)40-22-10-13-25-47(40)59)27-28-41(49)43-29-30-44-42-23-11-14-26-50(42)61-52(44)51(43)60/h1-33H. The summed E-state index contributed by atoms with van der Waals surface area (Å²) in [5, 5.41) is 9.67. The summed E-state index contributed by atoms with van der Waals surface area (Å²) in [6.45, 7) is 0. The van der Waals surface area contributed by atoms with Gasteiger partial charge in [0.15, 0.2) is 17.5 Å². The minimum absolute atomic E-state index is 0.637. The lowest BCUT2D eigenvalue weighted by Gasteiger charge is -2.16. The molecule has 0 aliphatic carbocycles. The molecule has 0 aliphatic heterocycles. The van der Waals surface area contributed by atoms with Crippen LogP contribution in [0, 0.1) is 0 Å². The number of hydrogen-bond donors (Lipinski definition) is 0. The van der Waals surface area contributed by atoms with Gasteiger partial charge in [0.05, 0.1) is 32.5 Å². The summed E-state index contributed by atoms with van der Waals surface area (Å²) in [5.41, 5.74) is 9.80. The van der Waals surface area contributed by atoms with Gasteiger partial charge in [0.1, 0.15) is 0 Å². The number of nitrogens with zero attached hydrogens (tertiary/aromatic N) is 5. The summed E-state index contributed by atoms with van der Waals surface area (Å²) in [5.74, 6) is 1.92. The van der Waals surface area contributed by atoms with Crippen molar-refractivity contribution >= 4 is 85.9 Å². The summed E-state index contributed by atoms with van der Waals surface area (Å²) in [7, 11) is 0. The molecule has 0 atom stereocenters. The van der Waals surface area contributed by atoms with Gasteiger partial charge in [-0.2, -0.15) is 0 Å². The normalized spacial score (nSPS) is 11.9. The van der Waals surface area contributed by atoms with Gasteiger partial charge in [0.2, 0.25) is 0 Å². The van der Waals surface area contributed by atoms with Crippen LogP contribution in [0.5, 0.6) is 0 Å². The quantitative estimate of drug-likeness (QED) is 0.174. The molecule has 0 radical (unpaired) electrons. The van der Waals surface area contributed by atoms with Crippen molar-refractivity contribution in [2.45, 2.75) is 0 Å². The SMILES string of the molecule is c1ccc(-c2nc(-c3ccccc3)nc(-c3ccc(-n4c5cc(-n6c7ccccc7c7ccccc76)ccc5c5ccc6c7ccccc7sc6c54)c4ccccc34)n2)cc1. The topological polar surface area (TPSA) is 48.5 Å². The van der Waals surface area contributed by atoms with Gasteiger partial charge in [-0.25, -0.2) is 15.0 Å². The summed E-state index contributed by atoms with van der Waals surface area (Å²) in [6, 6.07) is 71.4. The predicted molar refractivity (Wildman–Crippen MR) is 255 cm³/mol. The van der Waals surface area contributed by atoms with Crippen LogP contribution in [0.15, 0.2) is 200 Å². The highest BCUT2D eigenvalue weighted by Crippen LogP contribution is 2.45. The van der Waals surface area contributed by atoms with Gasteiger partial charge in [-0.3, -0.25) is 0 Å². The lowest BCUT2D eigenvalue weighted by molar-refractivity contribution is 1.08. The number of thiophene rings is 1. The smallest absolute Gasteiger partial charge is 0.164 e. The Kier molecular flexibility index (Phi) is 7.41. The van der Waals surface area contributed by atoms with E-state index in [0.29, 0.717) is 17.5 Å². The van der Waals surface area contributed by atoms with Crippen LogP contribution in [-0.2, 0) is 0 Å². The number of para-hydroxylation sites is 2. The Labute approximate surface area is 354 Å². The van der Waals surface area contributed by atoms with Crippen LogP contribution in [-0.4, -0.2) is 24.1 Å². The zero-order chi connectivity index (χ0) is 40.0. The van der Waals surface area contributed by atoms with Gasteiger partial charge in [-0.15, -0.1) is 11.3 Å². The molecule has 0 saturated heterocycles. The number of benzene rings is 9. The van der Waals surface area contributed by atoms with Crippen LogP contribution in [0.1, 0.15) is 0 Å². The van der Waals surface area contributed by atoms with Crippen LogP contribution < -0.4 is 0 Å². The molecule has 0 amide bonds. The van der Waals surface area contributed by atoms with Gasteiger partial charge in [-0.05, 0) is 47.9 Å². The van der Waals surface area contributed by atoms with Crippen molar-refractivity contribution in [1.82, 2.24) is 24.1 Å². The Hall–Kier alpha value is -7.93. The molecule has 0 bridgehead atoms. The van der Waals surface area contributed by atoms with E-state index in [4.69, 9.17) is 15.0 Å². The Morgan fingerprint density at radius 2 is 0.869 bits per heavy atom. The van der Waals surface area contributed by atoms with Crippen molar-refractivity contribution in [2.75, 3.05) is 0 Å². The van der Waals surface area contributed by atoms with Crippen molar-refractivity contribution in [3.8, 4) is 45.5 Å². The minimum Gasteiger partial charge on any atom is -0.309 e. The molecule has 284 valence electrons. The van der Waals surface area contributed by atoms with Gasteiger partial charge >= 0.3 is 0 Å². The number of hydrogen-bond acceptors (Lipinski definition) is 4. The lowest BCUT2D eigenvalue weighted by Crippen LogP contribution is -2.02. The summed E-state index contributed by atoms with van der Waals surface area (Å²) in [6.07, 6.45) is 0. The number of rotatable bonds is 5. The average molecular weight is 796 g/mol. The van der Waals surface area contributed by atoms with Crippen LogP contribution in [0.25, 0.3) is 120 Å². The maximum absolute atomic E-state index is 5.17. The molecule has 0 spiro atoms. The van der Waals surface area contributed by atoms with E-state index < -0.39 is 0 Å². The van der Waals surface area contributed by atoms with Gasteiger partial charge in [0.25, 0.3) is 0 Å². The van der Waals surface area contributed by atoms with Gasteiger partial charge in [-0.1, -0.05) is 158 Å². The highest BCUT2D eigenvalue weighted by molar-refractivity contribution is 7.26. The second-order valence-electron chi connectivity index (χ2n) is 15.6. The molecular weight excluding hydrogens is 763 g/mol. The van der Waals surface area contributed by atoms with E-state index in [1.807, 2.05) is 47.7 Å². The fraction of sp³-hybridized carbons (Fsp3) is 0. The molecule has 4 aromatic heterocycles. The fourth-order valence-corrected chi connectivity index (χ4v) is 10.7. The maximum Gasteiger partial charge on any atom is 0.164 e. The molecular formula is C55H33N5S. The van der Waals surface area contributed by atoms with Crippen molar-refractivity contribution < 1.29 is 0 Å². The molecule has 13 aromatic rings. The third-order valence-electron chi connectivity index (χ3n) is 12.2. The van der Waals surface area contributed by atoms with Crippen LogP contribution in [0.4, 0.5) is 0 Å². The van der Waals surface area contributed by atoms with Crippen molar-refractivity contribution in [3.05, 3.63) is 200 Å².